The molecule has 6 aromatic rings. The molecule has 1 aliphatic heterocycles. The third kappa shape index (κ3) is 5.99. The molecule has 0 radical (unpaired) electrons. The largest absolute Gasteiger partial charge is 0.492 e. The molecule has 1 aromatic carbocycles. The third-order valence-corrected chi connectivity index (χ3v) is 8.12. The predicted molar refractivity (Wildman–Crippen MR) is 172 cm³/mol. The van der Waals surface area contributed by atoms with Gasteiger partial charge in [-0.1, -0.05) is 13.8 Å². The van der Waals surface area contributed by atoms with E-state index in [1.807, 2.05) is 44.2 Å². The number of carbonyl (C=O) groups excluding carboxylic acids is 1. The minimum atomic E-state index is -0.358. The van der Waals surface area contributed by atoms with Crippen LogP contribution in [0.1, 0.15) is 26.7 Å². The fourth-order valence-electron chi connectivity index (χ4n) is 5.73. The predicted octanol–water partition coefficient (Wildman–Crippen LogP) is 6.44. The van der Waals surface area contributed by atoms with Crippen LogP contribution < -0.4 is 10.1 Å². The second-order valence-electron chi connectivity index (χ2n) is 11.7. The average Bonchev–Trinajstić information content (AvgIpc) is 3.80. The molecule has 0 saturated carbocycles. The second kappa shape index (κ2) is 12.1. The van der Waals surface area contributed by atoms with Gasteiger partial charge in [-0.25, -0.2) is 14.4 Å². The number of amides is 1. The molecule has 5 aromatic heterocycles. The topological polar surface area (TPSA) is 125 Å². The minimum Gasteiger partial charge on any atom is -0.492 e. The number of ether oxygens (including phenoxy) is 1. The van der Waals surface area contributed by atoms with Crippen molar-refractivity contribution in [3.05, 3.63) is 73.1 Å². The quantitative estimate of drug-likeness (QED) is 0.174. The zero-order chi connectivity index (χ0) is 30.9. The number of benzene rings is 1. The number of nitrogens with zero attached hydrogens (tertiary/aromatic N) is 5. The molecule has 7 rings (SSSR count). The molecular formula is C34H33FN8O2. The molecule has 11 heteroatoms. The van der Waals surface area contributed by atoms with Gasteiger partial charge in [0.25, 0.3) is 0 Å². The average molecular weight is 605 g/mol. The van der Waals surface area contributed by atoms with Crippen LogP contribution in [0, 0.1) is 11.7 Å². The number of aromatic nitrogens is 6. The molecule has 0 unspecified atom stereocenters. The van der Waals surface area contributed by atoms with E-state index in [-0.39, 0.29) is 17.6 Å². The molecule has 10 nitrogen and oxygen atoms in total. The Morgan fingerprint density at radius 1 is 0.978 bits per heavy atom. The van der Waals surface area contributed by atoms with Crippen LogP contribution >= 0.6 is 0 Å². The molecule has 0 aliphatic carbocycles. The van der Waals surface area contributed by atoms with Gasteiger partial charge in [-0.05, 0) is 73.5 Å². The number of H-pyrrole nitrogens is 2. The number of nitrogens with one attached hydrogen (secondary N) is 3. The SMILES string of the molecule is CC(C)C(=O)Nc1cncc(-c2cnc3[nH]nc(-c4cc5c(-c6cc(F)cc(OCCN7CCCC7)c6)ccnc5[nH]4)c3c2)c1. The highest BCUT2D eigenvalue weighted by molar-refractivity contribution is 6.00. The van der Waals surface area contributed by atoms with E-state index < -0.39 is 0 Å². The maximum Gasteiger partial charge on any atom is 0.226 e. The van der Waals surface area contributed by atoms with Gasteiger partial charge in [0.2, 0.25) is 5.91 Å². The van der Waals surface area contributed by atoms with Crippen LogP contribution in [0.15, 0.2) is 67.3 Å². The van der Waals surface area contributed by atoms with Gasteiger partial charge in [0.15, 0.2) is 5.65 Å². The Labute approximate surface area is 259 Å². The van der Waals surface area contributed by atoms with Crippen molar-refractivity contribution in [3.63, 3.8) is 0 Å². The summed E-state index contributed by atoms with van der Waals surface area (Å²) in [6.07, 6.45) is 9.24. The van der Waals surface area contributed by atoms with Crippen LogP contribution in [0.3, 0.4) is 0 Å². The second-order valence-corrected chi connectivity index (χ2v) is 11.7. The first kappa shape index (κ1) is 28.6. The number of pyridine rings is 3. The van der Waals surface area contributed by atoms with Crippen LogP contribution in [0.5, 0.6) is 5.75 Å². The van der Waals surface area contributed by atoms with Gasteiger partial charge < -0.3 is 15.0 Å². The smallest absolute Gasteiger partial charge is 0.226 e. The van der Waals surface area contributed by atoms with Gasteiger partial charge in [-0.15, -0.1) is 0 Å². The van der Waals surface area contributed by atoms with E-state index in [2.05, 4.69) is 40.3 Å². The van der Waals surface area contributed by atoms with Crippen molar-refractivity contribution in [2.45, 2.75) is 26.7 Å². The van der Waals surface area contributed by atoms with E-state index in [1.165, 1.54) is 25.0 Å². The van der Waals surface area contributed by atoms with Crippen molar-refractivity contribution in [2.75, 3.05) is 31.6 Å². The van der Waals surface area contributed by atoms with Crippen molar-refractivity contribution in [2.24, 2.45) is 5.92 Å². The number of anilines is 1. The Kier molecular flexibility index (Phi) is 7.68. The maximum absolute atomic E-state index is 14.8. The Morgan fingerprint density at radius 2 is 1.82 bits per heavy atom. The standard InChI is InChI=1S/C34H33FN8O2/c1-20(2)34(44)39-25-12-22(17-36-19-25)23-14-29-31(41-42-33(29)38-18-23)30-16-28-27(5-6-37-32(28)40-30)21-11-24(35)15-26(13-21)45-10-9-43-7-3-4-8-43/h5-6,11-20H,3-4,7-10H2,1-2H3,(H,37,40)(H,39,44)(H,38,41,42). The summed E-state index contributed by atoms with van der Waals surface area (Å²) < 4.78 is 20.8. The summed E-state index contributed by atoms with van der Waals surface area (Å²) in [4.78, 5) is 31.4. The van der Waals surface area contributed by atoms with E-state index in [0.29, 0.717) is 40.6 Å². The number of hydrogen-bond acceptors (Lipinski definition) is 7. The summed E-state index contributed by atoms with van der Waals surface area (Å²) in [5.74, 6) is -0.0777. The summed E-state index contributed by atoms with van der Waals surface area (Å²) in [7, 11) is 0. The molecule has 1 amide bonds. The van der Waals surface area contributed by atoms with Crippen LogP contribution in [-0.4, -0.2) is 67.2 Å². The summed E-state index contributed by atoms with van der Waals surface area (Å²) in [6.45, 7) is 7.21. The number of aromatic amines is 2. The molecule has 1 aliphatic rings. The van der Waals surface area contributed by atoms with Crippen LogP contribution in [0.2, 0.25) is 0 Å². The molecule has 45 heavy (non-hydrogen) atoms. The van der Waals surface area contributed by atoms with Gasteiger partial charge in [0, 0.05) is 59.0 Å². The van der Waals surface area contributed by atoms with E-state index in [1.54, 1.807) is 24.8 Å². The van der Waals surface area contributed by atoms with Gasteiger partial charge in [-0.2, -0.15) is 5.10 Å². The molecule has 3 N–H and O–H groups in total. The number of carbonyl (C=O) groups is 1. The highest BCUT2D eigenvalue weighted by Gasteiger charge is 2.17. The molecule has 228 valence electrons. The molecule has 1 fully saturated rings. The maximum atomic E-state index is 14.8. The molecule has 0 bridgehead atoms. The lowest BCUT2D eigenvalue weighted by atomic mass is 10.0. The number of likely N-dealkylation sites (tertiary alicyclic amines) is 1. The fourth-order valence-corrected chi connectivity index (χ4v) is 5.73. The van der Waals surface area contributed by atoms with Crippen molar-refractivity contribution >= 4 is 33.7 Å². The normalized spacial score (nSPS) is 13.7. The first-order chi connectivity index (χ1) is 21.9. The van der Waals surface area contributed by atoms with Gasteiger partial charge in [-0.3, -0.25) is 19.8 Å². The zero-order valence-corrected chi connectivity index (χ0v) is 25.1. The number of hydrogen-bond donors (Lipinski definition) is 3. The van der Waals surface area contributed by atoms with Crippen LogP contribution in [0.4, 0.5) is 10.1 Å². The lowest BCUT2D eigenvalue weighted by Crippen LogP contribution is -2.25. The number of halogens is 1. The van der Waals surface area contributed by atoms with Crippen molar-refractivity contribution in [3.8, 4) is 39.4 Å². The Morgan fingerprint density at radius 3 is 2.67 bits per heavy atom. The summed E-state index contributed by atoms with van der Waals surface area (Å²) in [6, 6.07) is 12.5. The van der Waals surface area contributed by atoms with Gasteiger partial charge in [0.1, 0.15) is 29.5 Å². The van der Waals surface area contributed by atoms with E-state index in [4.69, 9.17) is 4.74 Å². The molecule has 1 saturated heterocycles. The molecular weight excluding hydrogens is 571 g/mol. The number of rotatable bonds is 9. The van der Waals surface area contributed by atoms with E-state index in [0.717, 1.165) is 52.8 Å². The Hall–Kier alpha value is -5.16. The third-order valence-electron chi connectivity index (χ3n) is 8.12. The Bertz CT molecular complexity index is 2010. The lowest BCUT2D eigenvalue weighted by Gasteiger charge is -2.15. The lowest BCUT2D eigenvalue weighted by molar-refractivity contribution is -0.118. The molecule has 0 atom stereocenters. The summed E-state index contributed by atoms with van der Waals surface area (Å²) in [5.41, 5.74) is 6.47. The summed E-state index contributed by atoms with van der Waals surface area (Å²) >= 11 is 0. The number of fused-ring (bicyclic) bond motifs is 2. The van der Waals surface area contributed by atoms with Crippen LogP contribution in [-0.2, 0) is 4.79 Å². The van der Waals surface area contributed by atoms with Crippen molar-refractivity contribution < 1.29 is 13.9 Å². The van der Waals surface area contributed by atoms with E-state index in [9.17, 15) is 9.18 Å². The minimum absolute atomic E-state index is 0.0778. The fraction of sp³-hybridized carbons (Fsp3) is 0.265. The zero-order valence-electron chi connectivity index (χ0n) is 25.1. The van der Waals surface area contributed by atoms with Crippen molar-refractivity contribution in [1.82, 2.24) is 35.0 Å². The van der Waals surface area contributed by atoms with Gasteiger partial charge in [0.05, 0.1) is 17.6 Å². The van der Waals surface area contributed by atoms with Crippen LogP contribution in [0.25, 0.3) is 55.7 Å². The molecule has 6 heterocycles. The molecule has 0 spiro atoms. The van der Waals surface area contributed by atoms with Crippen molar-refractivity contribution in [1.29, 1.82) is 0 Å². The first-order valence-electron chi connectivity index (χ1n) is 15.2. The van der Waals surface area contributed by atoms with Gasteiger partial charge >= 0.3 is 0 Å². The Balaban J connectivity index is 1.20. The highest BCUT2D eigenvalue weighted by Crippen LogP contribution is 2.35. The monoisotopic (exact) mass is 604 g/mol. The van der Waals surface area contributed by atoms with E-state index >= 15 is 0 Å². The highest BCUT2D eigenvalue weighted by atomic mass is 19.1. The summed E-state index contributed by atoms with van der Waals surface area (Å²) in [5, 5.41) is 12.1. The first-order valence-corrected chi connectivity index (χ1v) is 15.2.